The molecule has 142 valence electrons. The van der Waals surface area contributed by atoms with Gasteiger partial charge in [0.2, 0.25) is 0 Å². The van der Waals surface area contributed by atoms with E-state index < -0.39 is 6.04 Å². The molecule has 0 heterocycles. The lowest BCUT2D eigenvalue weighted by atomic mass is 10.0. The highest BCUT2D eigenvalue weighted by atomic mass is 32.2. The molecule has 0 bridgehead atoms. The third kappa shape index (κ3) is 4.81. The van der Waals surface area contributed by atoms with Crippen LogP contribution >= 0.6 is 11.8 Å². The Hall–Kier alpha value is -3.05. The fourth-order valence-electron chi connectivity index (χ4n) is 2.86. The van der Waals surface area contributed by atoms with Gasteiger partial charge in [0.25, 0.3) is 11.8 Å². The van der Waals surface area contributed by atoms with Crippen molar-refractivity contribution in [3.63, 3.8) is 0 Å². The monoisotopic (exact) mass is 390 g/mol. The van der Waals surface area contributed by atoms with Gasteiger partial charge in [0.05, 0.1) is 0 Å². The summed E-state index contributed by atoms with van der Waals surface area (Å²) >= 11 is 1.57. The van der Waals surface area contributed by atoms with Crippen molar-refractivity contribution < 1.29 is 9.59 Å². The van der Waals surface area contributed by atoms with Crippen LogP contribution in [-0.2, 0) is 4.79 Å². The van der Waals surface area contributed by atoms with Crippen molar-refractivity contribution in [2.75, 3.05) is 11.6 Å². The molecule has 4 nitrogen and oxygen atoms in total. The molecule has 0 unspecified atom stereocenters. The quantitative estimate of drug-likeness (QED) is 0.593. The number of nitrogens with one attached hydrogen (secondary N) is 2. The van der Waals surface area contributed by atoms with Crippen LogP contribution in [0.25, 0.3) is 0 Å². The van der Waals surface area contributed by atoms with Crippen LogP contribution in [0.4, 0.5) is 5.69 Å². The minimum atomic E-state index is -0.800. The first-order valence-corrected chi connectivity index (χ1v) is 10.2. The average molecular weight is 391 g/mol. The van der Waals surface area contributed by atoms with Crippen molar-refractivity contribution in [1.29, 1.82) is 0 Å². The number of carbonyl (C=O) groups is 2. The highest BCUT2D eigenvalue weighted by Crippen LogP contribution is 2.21. The number of hydrogen-bond acceptors (Lipinski definition) is 3. The van der Waals surface area contributed by atoms with Crippen LogP contribution in [0.5, 0.6) is 0 Å². The smallest absolute Gasteiger partial charge is 0.252 e. The largest absolute Gasteiger partial charge is 0.336 e. The number of para-hydroxylation sites is 1. The summed E-state index contributed by atoms with van der Waals surface area (Å²) < 4.78 is 0. The number of anilines is 1. The Morgan fingerprint density at radius 1 is 0.893 bits per heavy atom. The van der Waals surface area contributed by atoms with Crippen molar-refractivity contribution >= 4 is 29.3 Å². The minimum Gasteiger partial charge on any atom is -0.336 e. The summed E-state index contributed by atoms with van der Waals surface area (Å²) in [6, 6.07) is 23.4. The molecule has 2 amide bonds. The molecule has 0 aromatic heterocycles. The van der Waals surface area contributed by atoms with Gasteiger partial charge in [0.15, 0.2) is 0 Å². The van der Waals surface area contributed by atoms with Gasteiger partial charge in [-0.2, -0.15) is 0 Å². The number of rotatable bonds is 6. The number of carbonyl (C=O) groups excluding carboxylic acids is 2. The second-order valence-electron chi connectivity index (χ2n) is 6.35. The maximum Gasteiger partial charge on any atom is 0.252 e. The first-order chi connectivity index (χ1) is 13.6. The summed E-state index contributed by atoms with van der Waals surface area (Å²) in [5.41, 5.74) is 2.84. The van der Waals surface area contributed by atoms with Gasteiger partial charge >= 0.3 is 0 Å². The molecule has 0 aliphatic heterocycles. The summed E-state index contributed by atoms with van der Waals surface area (Å²) in [7, 11) is 0. The fraction of sp³-hybridized carbons (Fsp3) is 0.130. The van der Waals surface area contributed by atoms with E-state index >= 15 is 0 Å². The number of thioether (sulfide) groups is 1. The molecule has 0 aliphatic rings. The summed E-state index contributed by atoms with van der Waals surface area (Å²) in [6.45, 7) is 1.89. The second kappa shape index (κ2) is 9.24. The molecular weight excluding hydrogens is 368 g/mol. The molecule has 2 N–H and O–H groups in total. The molecule has 0 aliphatic carbocycles. The van der Waals surface area contributed by atoms with Crippen LogP contribution in [0.1, 0.15) is 27.5 Å². The van der Waals surface area contributed by atoms with Gasteiger partial charge in [-0.05, 0) is 48.6 Å². The van der Waals surface area contributed by atoms with E-state index in [2.05, 4.69) is 10.6 Å². The molecule has 0 fully saturated rings. The molecule has 0 saturated heterocycles. The van der Waals surface area contributed by atoms with E-state index in [0.29, 0.717) is 11.3 Å². The van der Waals surface area contributed by atoms with Gasteiger partial charge in [0.1, 0.15) is 6.04 Å². The molecule has 1 atom stereocenters. The summed E-state index contributed by atoms with van der Waals surface area (Å²) in [5.74, 6) is -0.560. The van der Waals surface area contributed by atoms with E-state index in [9.17, 15) is 9.59 Å². The number of amides is 2. The highest BCUT2D eigenvalue weighted by Gasteiger charge is 2.24. The third-order valence-electron chi connectivity index (χ3n) is 4.40. The first kappa shape index (κ1) is 19.7. The van der Waals surface area contributed by atoms with E-state index in [4.69, 9.17) is 0 Å². The predicted octanol–water partition coefficient (Wildman–Crippen LogP) is 4.83. The second-order valence-corrected chi connectivity index (χ2v) is 7.23. The zero-order chi connectivity index (χ0) is 19.9. The van der Waals surface area contributed by atoms with Crippen molar-refractivity contribution in [1.82, 2.24) is 5.32 Å². The zero-order valence-corrected chi connectivity index (χ0v) is 16.6. The topological polar surface area (TPSA) is 58.2 Å². The number of aryl methyl sites for hydroxylation is 1. The van der Waals surface area contributed by atoms with Crippen LogP contribution in [0.3, 0.4) is 0 Å². The fourth-order valence-corrected chi connectivity index (χ4v) is 3.30. The summed E-state index contributed by atoms with van der Waals surface area (Å²) in [6.07, 6.45) is 1.96. The molecule has 3 aromatic rings. The Labute approximate surface area is 169 Å². The van der Waals surface area contributed by atoms with Crippen molar-refractivity contribution in [2.24, 2.45) is 0 Å². The molecule has 0 radical (unpaired) electrons. The molecule has 3 rings (SSSR count). The predicted molar refractivity (Wildman–Crippen MR) is 115 cm³/mol. The Kier molecular flexibility index (Phi) is 6.50. The van der Waals surface area contributed by atoms with E-state index in [1.807, 2.05) is 92.0 Å². The lowest BCUT2D eigenvalue weighted by Gasteiger charge is -2.20. The van der Waals surface area contributed by atoms with Crippen LogP contribution < -0.4 is 10.6 Å². The average Bonchev–Trinajstić information content (AvgIpc) is 2.73. The normalized spacial score (nSPS) is 11.5. The third-order valence-corrected chi connectivity index (χ3v) is 5.13. The molecule has 5 heteroatoms. The maximum absolute atomic E-state index is 13.0. The van der Waals surface area contributed by atoms with E-state index in [0.717, 1.165) is 16.0 Å². The van der Waals surface area contributed by atoms with Gasteiger partial charge in [0, 0.05) is 16.1 Å². The van der Waals surface area contributed by atoms with E-state index in [1.165, 1.54) is 0 Å². The Bertz CT molecular complexity index is 959. The molecule has 28 heavy (non-hydrogen) atoms. The van der Waals surface area contributed by atoms with Gasteiger partial charge < -0.3 is 10.6 Å². The Balaban J connectivity index is 1.87. The van der Waals surface area contributed by atoms with E-state index in [1.54, 1.807) is 11.8 Å². The van der Waals surface area contributed by atoms with Crippen molar-refractivity contribution in [2.45, 2.75) is 17.9 Å². The molecule has 0 spiro atoms. The maximum atomic E-state index is 13.0. The van der Waals surface area contributed by atoms with E-state index in [-0.39, 0.29) is 11.8 Å². The van der Waals surface area contributed by atoms with Crippen LogP contribution in [0.15, 0.2) is 83.8 Å². The Morgan fingerprint density at radius 3 is 2.18 bits per heavy atom. The molecule has 3 aromatic carbocycles. The number of hydrogen-bond donors (Lipinski definition) is 2. The highest BCUT2D eigenvalue weighted by molar-refractivity contribution is 7.98. The van der Waals surface area contributed by atoms with Crippen molar-refractivity contribution in [3.05, 3.63) is 95.6 Å². The molecular formula is C23H22N2O2S. The van der Waals surface area contributed by atoms with Gasteiger partial charge in [-0.15, -0.1) is 11.8 Å². The van der Waals surface area contributed by atoms with Gasteiger partial charge in [-0.25, -0.2) is 0 Å². The SMILES string of the molecule is CSc1ccc(C)c(C(=O)N[C@@H](C(=O)Nc2ccccc2)c2ccccc2)c1. The van der Waals surface area contributed by atoms with Gasteiger partial charge in [-0.3, -0.25) is 9.59 Å². The lowest BCUT2D eigenvalue weighted by Crippen LogP contribution is -2.37. The van der Waals surface area contributed by atoms with Crippen LogP contribution in [0.2, 0.25) is 0 Å². The van der Waals surface area contributed by atoms with Gasteiger partial charge in [-0.1, -0.05) is 54.6 Å². The van der Waals surface area contributed by atoms with Crippen LogP contribution in [-0.4, -0.2) is 18.1 Å². The van der Waals surface area contributed by atoms with Crippen LogP contribution in [0, 0.1) is 6.92 Å². The first-order valence-electron chi connectivity index (χ1n) is 8.95. The van der Waals surface area contributed by atoms with Crippen molar-refractivity contribution in [3.8, 4) is 0 Å². The minimum absolute atomic E-state index is 0.273. The lowest BCUT2D eigenvalue weighted by molar-refractivity contribution is -0.118. The summed E-state index contributed by atoms with van der Waals surface area (Å²) in [4.78, 5) is 26.9. The molecule has 0 saturated carbocycles. The standard InChI is InChI=1S/C23H22N2O2S/c1-16-13-14-19(28-2)15-20(16)22(26)25-21(17-9-5-3-6-10-17)23(27)24-18-11-7-4-8-12-18/h3-15,21H,1-2H3,(H,24,27)(H,25,26)/t21-/m1/s1. The number of benzene rings is 3. The summed E-state index contributed by atoms with van der Waals surface area (Å²) in [5, 5.41) is 5.78. The zero-order valence-electron chi connectivity index (χ0n) is 15.8. The Morgan fingerprint density at radius 2 is 1.54 bits per heavy atom.